The van der Waals surface area contributed by atoms with Crippen molar-refractivity contribution in [3.05, 3.63) is 59.3 Å². The number of fused-ring (bicyclic) bond motifs is 3. The summed E-state index contributed by atoms with van der Waals surface area (Å²) in [5.41, 5.74) is 6.70. The van der Waals surface area contributed by atoms with Crippen LogP contribution in [0.2, 0.25) is 0 Å². The van der Waals surface area contributed by atoms with E-state index >= 15 is 0 Å². The monoisotopic (exact) mass is 621 g/mol. The van der Waals surface area contributed by atoms with Crippen LogP contribution in [0.15, 0.2) is 42.5 Å². The van der Waals surface area contributed by atoms with E-state index in [1.807, 2.05) is 13.8 Å². The molecule has 0 aliphatic carbocycles. The van der Waals surface area contributed by atoms with Crippen LogP contribution in [0.4, 0.5) is 5.82 Å². The molecule has 0 saturated heterocycles. The number of nitrogens with two attached hydrogens (primary N) is 1. The first-order valence-corrected chi connectivity index (χ1v) is 14.6. The van der Waals surface area contributed by atoms with Crippen molar-refractivity contribution in [3.63, 3.8) is 0 Å². The molecule has 14 nitrogen and oxygen atoms in total. The number of hydrogen-bond donors (Lipinski definition) is 5. The standard InChI is InChI=1S/C31H39N7O7/c1-18(2)28-30(41)34-16-20-22(43-3)8-7-9-23(20)45-25-14-19(10-11-24(25)44-4)29(40)33-12-5-6-13-38(17-27(39)35-28)31(42)21-15-26(32)37-36-21/h7-11,14-15,18,28H,5-6,12-13,16-17H2,1-4H3,(H,33,40)(H,34,41)(H,35,39)(H3,32,36,37)/t28-/m1/s1. The number of aromatic nitrogens is 2. The van der Waals surface area contributed by atoms with Crippen LogP contribution >= 0.6 is 0 Å². The SMILES string of the molecule is COc1ccc2cc1Oc1cccc(OC)c1CNC(=O)[C@@H](C(C)C)NC(=O)CN(C(=O)c1cc(N)n[nH]1)CCCCNC2=O. The predicted octanol–water partition coefficient (Wildman–Crippen LogP) is 2.22. The van der Waals surface area contributed by atoms with Gasteiger partial charge in [-0.25, -0.2) is 0 Å². The normalized spacial score (nSPS) is 16.9. The van der Waals surface area contributed by atoms with Crippen LogP contribution < -0.4 is 35.9 Å². The van der Waals surface area contributed by atoms with E-state index in [0.717, 1.165) is 0 Å². The molecule has 1 aliphatic heterocycles. The molecule has 1 aromatic heterocycles. The van der Waals surface area contributed by atoms with Crippen LogP contribution in [0, 0.1) is 5.92 Å². The zero-order valence-corrected chi connectivity index (χ0v) is 25.8. The van der Waals surface area contributed by atoms with Gasteiger partial charge in [0.1, 0.15) is 29.1 Å². The first-order chi connectivity index (χ1) is 21.6. The maximum atomic E-state index is 13.4. The van der Waals surface area contributed by atoms with Gasteiger partial charge in [0.15, 0.2) is 11.5 Å². The molecule has 1 aliphatic rings. The first-order valence-electron chi connectivity index (χ1n) is 14.6. The number of benzene rings is 2. The number of H-pyrrole nitrogens is 1. The second kappa shape index (κ2) is 14.9. The van der Waals surface area contributed by atoms with Crippen molar-refractivity contribution in [1.82, 2.24) is 31.0 Å². The van der Waals surface area contributed by atoms with Gasteiger partial charge in [0.25, 0.3) is 11.8 Å². The van der Waals surface area contributed by atoms with Crippen molar-refractivity contribution < 1.29 is 33.4 Å². The molecule has 4 rings (SSSR count). The fraction of sp³-hybridized carbons (Fsp3) is 0.387. The van der Waals surface area contributed by atoms with E-state index in [1.54, 1.807) is 36.4 Å². The Kier molecular flexibility index (Phi) is 10.8. The van der Waals surface area contributed by atoms with Crippen molar-refractivity contribution in [2.45, 2.75) is 39.3 Å². The van der Waals surface area contributed by atoms with Gasteiger partial charge in [0, 0.05) is 24.7 Å². The van der Waals surface area contributed by atoms with Crippen molar-refractivity contribution in [2.75, 3.05) is 39.6 Å². The zero-order valence-electron chi connectivity index (χ0n) is 25.8. The minimum Gasteiger partial charge on any atom is -0.496 e. The Balaban J connectivity index is 1.67. The third-order valence-electron chi connectivity index (χ3n) is 7.25. The van der Waals surface area contributed by atoms with Crippen molar-refractivity contribution in [1.29, 1.82) is 0 Å². The number of carbonyl (C=O) groups excluding carboxylic acids is 4. The second-order valence-corrected chi connectivity index (χ2v) is 10.8. The molecule has 0 radical (unpaired) electrons. The number of nitrogens with zero attached hydrogens (tertiary/aromatic N) is 2. The molecule has 0 spiro atoms. The summed E-state index contributed by atoms with van der Waals surface area (Å²) in [7, 11) is 3.00. The number of nitrogens with one attached hydrogen (secondary N) is 4. The number of methoxy groups -OCH3 is 2. The Morgan fingerprint density at radius 2 is 1.80 bits per heavy atom. The number of ether oxygens (including phenoxy) is 3. The molecule has 2 heterocycles. The number of anilines is 1. The summed E-state index contributed by atoms with van der Waals surface area (Å²) in [5.74, 6) is -0.345. The minimum absolute atomic E-state index is 0.00558. The van der Waals surface area contributed by atoms with Gasteiger partial charge in [-0.05, 0) is 49.1 Å². The highest BCUT2D eigenvalue weighted by Crippen LogP contribution is 2.37. The first kappa shape index (κ1) is 32.6. The summed E-state index contributed by atoms with van der Waals surface area (Å²) in [6.07, 6.45) is 0.999. The maximum Gasteiger partial charge on any atom is 0.272 e. The van der Waals surface area contributed by atoms with Gasteiger partial charge in [-0.1, -0.05) is 19.9 Å². The Morgan fingerprint density at radius 3 is 2.49 bits per heavy atom. The van der Waals surface area contributed by atoms with Crippen molar-refractivity contribution >= 4 is 29.4 Å². The van der Waals surface area contributed by atoms with E-state index in [-0.39, 0.29) is 43.0 Å². The summed E-state index contributed by atoms with van der Waals surface area (Å²) in [4.78, 5) is 54.3. The summed E-state index contributed by atoms with van der Waals surface area (Å²) >= 11 is 0. The smallest absolute Gasteiger partial charge is 0.272 e. The molecule has 2 bridgehead atoms. The van der Waals surface area contributed by atoms with E-state index in [4.69, 9.17) is 19.9 Å². The van der Waals surface area contributed by atoms with Gasteiger partial charge in [-0.2, -0.15) is 5.10 Å². The summed E-state index contributed by atoms with van der Waals surface area (Å²) in [6.45, 7) is 3.85. The van der Waals surface area contributed by atoms with E-state index in [9.17, 15) is 19.2 Å². The van der Waals surface area contributed by atoms with Crippen molar-refractivity contribution in [3.8, 4) is 23.0 Å². The molecule has 240 valence electrons. The summed E-state index contributed by atoms with van der Waals surface area (Å²) in [6, 6.07) is 10.5. The highest BCUT2D eigenvalue weighted by molar-refractivity contribution is 5.96. The number of nitrogen functional groups attached to an aromatic ring is 1. The third kappa shape index (κ3) is 8.22. The molecule has 4 amide bonds. The lowest BCUT2D eigenvalue weighted by atomic mass is 10.0. The lowest BCUT2D eigenvalue weighted by Gasteiger charge is -2.26. The maximum absolute atomic E-state index is 13.4. The molecule has 3 aromatic rings. The van der Waals surface area contributed by atoms with Gasteiger partial charge in [-0.3, -0.25) is 24.3 Å². The highest BCUT2D eigenvalue weighted by Gasteiger charge is 2.27. The molecule has 6 N–H and O–H groups in total. The summed E-state index contributed by atoms with van der Waals surface area (Å²) in [5, 5.41) is 14.9. The minimum atomic E-state index is -0.895. The predicted molar refractivity (Wildman–Crippen MR) is 165 cm³/mol. The van der Waals surface area contributed by atoms with Crippen LogP contribution in [0.3, 0.4) is 0 Å². The molecular weight excluding hydrogens is 582 g/mol. The lowest BCUT2D eigenvalue weighted by molar-refractivity contribution is -0.130. The lowest BCUT2D eigenvalue weighted by Crippen LogP contribution is -2.52. The van der Waals surface area contributed by atoms with E-state index in [2.05, 4.69) is 26.1 Å². The second-order valence-electron chi connectivity index (χ2n) is 10.8. The highest BCUT2D eigenvalue weighted by atomic mass is 16.5. The average Bonchev–Trinajstić information content (AvgIpc) is 3.46. The molecule has 1 atom stereocenters. The van der Waals surface area contributed by atoms with Crippen LogP contribution in [0.5, 0.6) is 23.0 Å². The van der Waals surface area contributed by atoms with Crippen LogP contribution in [-0.2, 0) is 16.1 Å². The van der Waals surface area contributed by atoms with Crippen LogP contribution in [0.1, 0.15) is 53.1 Å². The molecule has 0 fully saturated rings. The Morgan fingerprint density at radius 1 is 1.02 bits per heavy atom. The quantitative estimate of drug-likeness (QED) is 0.291. The third-order valence-corrected chi connectivity index (χ3v) is 7.25. The number of hydrogen-bond acceptors (Lipinski definition) is 9. The topological polar surface area (TPSA) is 190 Å². The van der Waals surface area contributed by atoms with E-state index < -0.39 is 23.8 Å². The van der Waals surface area contributed by atoms with Gasteiger partial charge in [-0.15, -0.1) is 0 Å². The van der Waals surface area contributed by atoms with Crippen LogP contribution in [-0.4, -0.2) is 78.6 Å². The Hall–Kier alpha value is -5.27. The Bertz CT molecular complexity index is 1540. The van der Waals surface area contributed by atoms with Crippen molar-refractivity contribution in [2.24, 2.45) is 5.92 Å². The zero-order chi connectivity index (χ0) is 32.5. The Labute approximate surface area is 261 Å². The summed E-state index contributed by atoms with van der Waals surface area (Å²) < 4.78 is 17.3. The fourth-order valence-corrected chi connectivity index (χ4v) is 4.84. The molecule has 0 saturated carbocycles. The van der Waals surface area contributed by atoms with Gasteiger partial charge in [0.2, 0.25) is 11.8 Å². The molecule has 45 heavy (non-hydrogen) atoms. The van der Waals surface area contributed by atoms with E-state index in [1.165, 1.54) is 25.2 Å². The van der Waals surface area contributed by atoms with Gasteiger partial charge >= 0.3 is 0 Å². The number of amides is 4. The average molecular weight is 622 g/mol. The van der Waals surface area contributed by atoms with Gasteiger partial charge in [0.05, 0.1) is 32.9 Å². The van der Waals surface area contributed by atoms with Gasteiger partial charge < -0.3 is 40.8 Å². The largest absolute Gasteiger partial charge is 0.496 e. The molecule has 2 aromatic carbocycles. The number of carbonyl (C=O) groups is 4. The number of aromatic amines is 1. The van der Waals surface area contributed by atoms with Crippen LogP contribution in [0.25, 0.3) is 0 Å². The fourth-order valence-electron chi connectivity index (χ4n) is 4.84. The molecule has 0 unspecified atom stereocenters. The van der Waals surface area contributed by atoms with E-state index in [0.29, 0.717) is 53.5 Å². The molecular formula is C31H39N7O7. The number of rotatable bonds is 4. The molecule has 14 heteroatoms.